The number of aryl methyl sites for hydroxylation is 2. The van der Waals surface area contributed by atoms with Gasteiger partial charge in [-0.2, -0.15) is 21.0 Å². The van der Waals surface area contributed by atoms with Crippen LogP contribution < -0.4 is 9.80 Å². The summed E-state index contributed by atoms with van der Waals surface area (Å²) < 4.78 is 13.4. The van der Waals surface area contributed by atoms with E-state index in [9.17, 15) is 21.0 Å². The van der Waals surface area contributed by atoms with E-state index in [-0.39, 0.29) is 43.6 Å². The summed E-state index contributed by atoms with van der Waals surface area (Å²) in [4.78, 5) is 5.33. The number of ether oxygens (including phenoxy) is 2. The Hall–Kier alpha value is -9.08. The van der Waals surface area contributed by atoms with Crippen LogP contribution in [0.3, 0.4) is 0 Å². The summed E-state index contributed by atoms with van der Waals surface area (Å²) in [5.41, 5.74) is 16.4. The first kappa shape index (κ1) is 67.5. The van der Waals surface area contributed by atoms with Gasteiger partial charge in [0.2, 0.25) is 0 Å². The third-order valence-electron chi connectivity index (χ3n) is 23.4. The van der Waals surface area contributed by atoms with Gasteiger partial charge in [0.05, 0.1) is 0 Å². The number of rotatable bonds is 13. The highest BCUT2D eigenvalue weighted by Crippen LogP contribution is 2.52. The van der Waals surface area contributed by atoms with Crippen LogP contribution in [0.25, 0.3) is 55.2 Å². The number of allylic oxidation sites excluding steroid dienone is 12. The second kappa shape index (κ2) is 24.4. The zero-order valence-corrected chi connectivity index (χ0v) is 61.3. The first-order chi connectivity index (χ1) is 46.2. The molecule has 98 heavy (non-hydrogen) atoms. The number of hydrogen-bond donors (Lipinski definition) is 0. The highest BCUT2D eigenvalue weighted by atomic mass is 16.5. The zero-order valence-electron chi connectivity index (χ0n) is 61.3. The van der Waals surface area contributed by atoms with Crippen molar-refractivity contribution in [2.75, 3.05) is 29.4 Å². The minimum atomic E-state index is -0.614. The lowest BCUT2D eigenvalue weighted by Gasteiger charge is -2.48. The third-order valence-corrected chi connectivity index (χ3v) is 23.4. The molecule has 0 amide bonds. The molecule has 500 valence electrons. The number of anilines is 2. The summed E-state index contributed by atoms with van der Waals surface area (Å²) in [6.07, 6.45) is 24.7. The van der Waals surface area contributed by atoms with Crippen LogP contribution in [0, 0.1) is 50.7 Å². The average Bonchev–Trinajstić information content (AvgIpc) is 0.710. The summed E-state index contributed by atoms with van der Waals surface area (Å²) >= 11 is 0. The van der Waals surface area contributed by atoms with E-state index in [2.05, 4.69) is 237 Å². The maximum atomic E-state index is 10.2. The van der Waals surface area contributed by atoms with Crippen LogP contribution in [0.4, 0.5) is 11.4 Å². The molecule has 1 atom stereocenters. The van der Waals surface area contributed by atoms with Crippen LogP contribution in [-0.4, -0.2) is 25.7 Å². The first-order valence-corrected chi connectivity index (χ1v) is 36.0. The Labute approximate surface area is 583 Å². The van der Waals surface area contributed by atoms with Gasteiger partial charge in [0.1, 0.15) is 58.5 Å². The van der Waals surface area contributed by atoms with Gasteiger partial charge < -0.3 is 19.3 Å². The van der Waals surface area contributed by atoms with E-state index in [1.54, 1.807) is 18.2 Å². The molecule has 0 saturated carbocycles. The average molecular weight is 1300 g/mol. The fraction of sp³-hybridized carbons (Fsp3) is 0.422. The highest BCUT2D eigenvalue weighted by Gasteiger charge is 2.41. The van der Waals surface area contributed by atoms with Gasteiger partial charge >= 0.3 is 0 Å². The van der Waals surface area contributed by atoms with Crippen LogP contribution >= 0.6 is 0 Å². The van der Waals surface area contributed by atoms with Gasteiger partial charge in [-0.15, -0.1) is 0 Å². The fourth-order valence-electron chi connectivity index (χ4n) is 16.5. The summed E-state index contributed by atoms with van der Waals surface area (Å²) in [5, 5.41) is 51.6. The molecule has 6 aliphatic heterocycles. The van der Waals surface area contributed by atoms with Crippen LogP contribution in [-0.2, 0) is 54.8 Å². The molecule has 6 heterocycles. The Kier molecular flexibility index (Phi) is 16.8. The Bertz CT molecular complexity index is 4860. The van der Waals surface area contributed by atoms with Gasteiger partial charge in [-0.1, -0.05) is 154 Å². The second-order valence-electron chi connectivity index (χ2n) is 34.6. The van der Waals surface area contributed by atoms with Crippen LogP contribution in [0.1, 0.15) is 225 Å². The van der Waals surface area contributed by atoms with E-state index in [0.29, 0.717) is 53.1 Å². The molecule has 6 aliphatic rings. The maximum absolute atomic E-state index is 10.2. The van der Waals surface area contributed by atoms with Crippen molar-refractivity contribution in [1.29, 1.82) is 21.0 Å². The molecule has 8 nitrogen and oxygen atoms in total. The van der Waals surface area contributed by atoms with E-state index in [0.717, 1.165) is 82.1 Å². The van der Waals surface area contributed by atoms with E-state index in [4.69, 9.17) is 9.47 Å². The predicted molar refractivity (Wildman–Crippen MR) is 406 cm³/mol. The molecule has 0 aromatic heterocycles. The highest BCUT2D eigenvalue weighted by molar-refractivity contribution is 6.33. The molecule has 7 aromatic rings. The van der Waals surface area contributed by atoms with Crippen molar-refractivity contribution in [3.05, 3.63) is 210 Å². The molecular formula is C90H98N6O2. The van der Waals surface area contributed by atoms with Crippen molar-refractivity contribution in [2.24, 2.45) is 5.41 Å². The molecule has 0 spiro atoms. The quantitative estimate of drug-likeness (QED) is 0.0636. The summed E-state index contributed by atoms with van der Waals surface area (Å²) in [7, 11) is 0. The lowest BCUT2D eigenvalue weighted by atomic mass is 9.69. The smallest absolute Gasteiger partial charge is 0.137 e. The van der Waals surface area contributed by atoms with E-state index < -0.39 is 5.41 Å². The Balaban J connectivity index is 0.754. The van der Waals surface area contributed by atoms with Crippen molar-refractivity contribution in [1.82, 2.24) is 0 Å². The van der Waals surface area contributed by atoms with Gasteiger partial charge in [-0.3, -0.25) is 0 Å². The van der Waals surface area contributed by atoms with Gasteiger partial charge in [0, 0.05) is 60.0 Å². The van der Waals surface area contributed by atoms with Gasteiger partial charge in [0.25, 0.3) is 0 Å². The van der Waals surface area contributed by atoms with E-state index in [1.165, 1.54) is 99.0 Å². The molecule has 0 fully saturated rings. The first-order valence-electron chi connectivity index (χ1n) is 36.0. The van der Waals surface area contributed by atoms with Crippen molar-refractivity contribution in [3.8, 4) is 24.3 Å². The van der Waals surface area contributed by atoms with Crippen molar-refractivity contribution in [3.63, 3.8) is 0 Å². The monoisotopic (exact) mass is 1290 g/mol. The van der Waals surface area contributed by atoms with E-state index in [1.807, 2.05) is 18.2 Å². The largest absolute Gasteiger partial charge is 0.462 e. The van der Waals surface area contributed by atoms with Crippen molar-refractivity contribution in [2.45, 2.75) is 220 Å². The Morgan fingerprint density at radius 1 is 0.520 bits per heavy atom. The lowest BCUT2D eigenvalue weighted by molar-refractivity contribution is 0.191. The van der Waals surface area contributed by atoms with Gasteiger partial charge in [0.15, 0.2) is 0 Å². The maximum Gasteiger partial charge on any atom is 0.137 e. The SMILES string of the molecule is CCC(C)(C)c1cc2cc(C(C)(C)C)cc3c4cc(C(C)(C)C)cc5cc(C(C)(C)CC6CCc7cc(/C=C/C8=CC(=C(C#N)C#N)C=C(CCC(C)(C)C9=CC(=C(C#N)C#N)C=C(/C=C/c%10cc%11c%12c(c%10)C(C)(C)CCN%12CCC%11(C)C)O9)O8)cc8c7N6CCC8)cc(c(c1)c23)c54. The number of benzene rings is 7. The summed E-state index contributed by atoms with van der Waals surface area (Å²) in [6, 6.07) is 38.5. The molecule has 7 aromatic carbocycles. The van der Waals surface area contributed by atoms with Crippen LogP contribution in [0.2, 0.25) is 0 Å². The summed E-state index contributed by atoms with van der Waals surface area (Å²) in [6.45, 7) is 43.0. The summed E-state index contributed by atoms with van der Waals surface area (Å²) in [5.74, 6) is 2.31. The fourth-order valence-corrected chi connectivity index (χ4v) is 16.5. The molecule has 0 aliphatic carbocycles. The number of nitrogens with zero attached hydrogens (tertiary/aromatic N) is 6. The van der Waals surface area contributed by atoms with Gasteiger partial charge in [-0.05, 0) is 274 Å². The predicted octanol–water partition coefficient (Wildman–Crippen LogP) is 22.4. The van der Waals surface area contributed by atoms with Gasteiger partial charge in [-0.25, -0.2) is 0 Å². The molecule has 0 radical (unpaired) electrons. The standard InChI is InChI=1S/C90H98N6O2/c1-18-86(8,9)67-40-61-38-65(84(2,3)4)46-73-74-47-66(85(5,6)7)39-62-41-68(49-76(81(62)74)75(48-67)80(61)73)90(16,17)50-69-24-23-58-35-55(34-57-20-19-31-96(69)82(57)58)21-25-70-42-59(63(51-91)52-92)43-72(97-70)27-28-89(14,15)79-45-60(64(53-93)54-94)44-71(98-79)26-22-56-36-77-83-78(37-56)88(12,13)30-33-95(83)32-29-87(77,10)11/h21-22,25-26,34-49,69H,18-20,23-24,27-33,50H2,1-17H3/b25-21+,26-22+. The molecule has 1 unspecified atom stereocenters. The molecule has 0 bridgehead atoms. The molecule has 0 saturated heterocycles. The van der Waals surface area contributed by atoms with E-state index >= 15 is 0 Å². The second-order valence-corrected chi connectivity index (χ2v) is 34.6. The molecule has 8 heteroatoms. The van der Waals surface area contributed by atoms with Crippen LogP contribution in [0.15, 0.2) is 155 Å². The topological polar surface area (TPSA) is 120 Å². The number of nitriles is 4. The number of hydrogen-bond acceptors (Lipinski definition) is 8. The minimum absolute atomic E-state index is 0.00581. The Morgan fingerprint density at radius 2 is 0.990 bits per heavy atom. The zero-order chi connectivity index (χ0) is 70.0. The molecular weight excluding hydrogens is 1200 g/mol. The lowest BCUT2D eigenvalue weighted by Crippen LogP contribution is -2.45. The minimum Gasteiger partial charge on any atom is -0.462 e. The third kappa shape index (κ3) is 12.4. The van der Waals surface area contributed by atoms with Crippen molar-refractivity contribution < 1.29 is 9.47 Å². The number of fused-ring (bicyclic) bond motifs is 2. The molecule has 0 N–H and O–H groups in total. The molecule has 13 rings (SSSR count). The Morgan fingerprint density at radius 3 is 1.50 bits per heavy atom. The van der Waals surface area contributed by atoms with Crippen LogP contribution in [0.5, 0.6) is 0 Å². The van der Waals surface area contributed by atoms with Crippen molar-refractivity contribution >= 4 is 66.6 Å². The normalized spacial score (nSPS) is 18.5.